The van der Waals surface area contributed by atoms with Gasteiger partial charge in [0.05, 0.1) is 12.5 Å². The van der Waals surface area contributed by atoms with Crippen molar-refractivity contribution in [2.45, 2.75) is 58.0 Å². The van der Waals surface area contributed by atoms with E-state index in [1.165, 1.54) is 32.1 Å². The van der Waals surface area contributed by atoms with Gasteiger partial charge in [0.15, 0.2) is 0 Å². The summed E-state index contributed by atoms with van der Waals surface area (Å²) in [5, 5.41) is 3.67. The molecule has 1 saturated carbocycles. The Bertz CT molecular complexity index is 152. The number of hydrogen-bond donors (Lipinski definition) is 2. The average molecular weight is 231 g/mol. The molecular formula is C12H25NOS. The van der Waals surface area contributed by atoms with Crippen LogP contribution in [0.2, 0.25) is 0 Å². The van der Waals surface area contributed by atoms with Crippen LogP contribution in [0.3, 0.4) is 0 Å². The Hall–Kier alpha value is 0.270. The maximum absolute atomic E-state index is 5.33. The molecule has 1 saturated heterocycles. The Labute approximate surface area is 99.6 Å². The highest BCUT2D eigenvalue weighted by molar-refractivity contribution is 7.80. The predicted octanol–water partition coefficient (Wildman–Crippen LogP) is 2.84. The van der Waals surface area contributed by atoms with Gasteiger partial charge in [0.1, 0.15) is 0 Å². The molecule has 0 aromatic heterocycles. The van der Waals surface area contributed by atoms with Crippen LogP contribution in [0.1, 0.15) is 46.0 Å². The summed E-state index contributed by atoms with van der Waals surface area (Å²) in [5.41, 5.74) is 0. The Kier molecular flexibility index (Phi) is 6.69. The molecule has 0 aromatic carbocycles. The third-order valence-electron chi connectivity index (χ3n) is 3.36. The Balaban J connectivity index is 0.000000531. The summed E-state index contributed by atoms with van der Waals surface area (Å²) < 4.78 is 5.33. The molecule has 1 aliphatic carbocycles. The second-order valence-corrected chi connectivity index (χ2v) is 4.51. The van der Waals surface area contributed by atoms with Crippen LogP contribution in [0.5, 0.6) is 0 Å². The molecule has 0 bridgehead atoms. The molecule has 1 N–H and O–H groups in total. The minimum Gasteiger partial charge on any atom is -0.369 e. The molecule has 0 aromatic rings. The molecular weight excluding hydrogens is 206 g/mol. The third kappa shape index (κ3) is 3.97. The summed E-state index contributed by atoms with van der Waals surface area (Å²) in [4.78, 5) is 0. The summed E-state index contributed by atoms with van der Waals surface area (Å²) in [6, 6.07) is 1.39. The van der Waals surface area contributed by atoms with Crippen LogP contribution in [0, 0.1) is 5.92 Å². The highest BCUT2D eigenvalue weighted by atomic mass is 32.1. The zero-order valence-corrected chi connectivity index (χ0v) is 10.9. The van der Waals surface area contributed by atoms with Gasteiger partial charge in [-0.2, -0.15) is 12.6 Å². The van der Waals surface area contributed by atoms with E-state index in [0.29, 0.717) is 12.0 Å². The SMILES string of the molecule is CC.SCOC[C@@H]1CC2CCCCC2N1. The van der Waals surface area contributed by atoms with Crippen LogP contribution in [-0.4, -0.2) is 24.6 Å². The van der Waals surface area contributed by atoms with Crippen molar-refractivity contribution in [3.63, 3.8) is 0 Å². The summed E-state index contributed by atoms with van der Waals surface area (Å²) >= 11 is 4.05. The highest BCUT2D eigenvalue weighted by Gasteiger charge is 2.34. The van der Waals surface area contributed by atoms with Crippen LogP contribution < -0.4 is 5.32 Å². The van der Waals surface area contributed by atoms with Crippen molar-refractivity contribution in [2.75, 3.05) is 12.5 Å². The first-order valence-electron chi connectivity index (χ1n) is 6.35. The van der Waals surface area contributed by atoms with E-state index in [1.807, 2.05) is 13.8 Å². The van der Waals surface area contributed by atoms with Crippen molar-refractivity contribution in [3.05, 3.63) is 0 Å². The van der Waals surface area contributed by atoms with E-state index < -0.39 is 0 Å². The Morgan fingerprint density at radius 1 is 1.27 bits per heavy atom. The maximum atomic E-state index is 5.33. The van der Waals surface area contributed by atoms with Gasteiger partial charge >= 0.3 is 0 Å². The quantitative estimate of drug-likeness (QED) is 0.576. The summed E-state index contributed by atoms with van der Waals surface area (Å²) in [7, 11) is 0. The van der Waals surface area contributed by atoms with Gasteiger partial charge in [0.25, 0.3) is 0 Å². The average Bonchev–Trinajstić information content (AvgIpc) is 2.71. The molecule has 3 heteroatoms. The first kappa shape index (κ1) is 13.3. The number of rotatable bonds is 3. The second kappa shape index (κ2) is 7.53. The molecule has 0 radical (unpaired) electrons. The second-order valence-electron chi connectivity index (χ2n) is 4.25. The van der Waals surface area contributed by atoms with Crippen molar-refractivity contribution in [3.8, 4) is 0 Å². The monoisotopic (exact) mass is 231 g/mol. The van der Waals surface area contributed by atoms with Crippen LogP contribution in [0.4, 0.5) is 0 Å². The lowest BCUT2D eigenvalue weighted by Crippen LogP contribution is -2.35. The molecule has 15 heavy (non-hydrogen) atoms. The topological polar surface area (TPSA) is 21.3 Å². The van der Waals surface area contributed by atoms with Gasteiger partial charge in [0.2, 0.25) is 0 Å². The molecule has 90 valence electrons. The third-order valence-corrected chi connectivity index (χ3v) is 3.54. The summed E-state index contributed by atoms with van der Waals surface area (Å²) in [6.45, 7) is 4.84. The predicted molar refractivity (Wildman–Crippen MR) is 68.4 cm³/mol. The van der Waals surface area contributed by atoms with E-state index in [2.05, 4.69) is 17.9 Å². The number of nitrogens with one attached hydrogen (secondary N) is 1. The van der Waals surface area contributed by atoms with Crippen molar-refractivity contribution in [1.29, 1.82) is 0 Å². The molecule has 2 unspecified atom stereocenters. The molecule has 0 spiro atoms. The molecule has 2 aliphatic rings. The summed E-state index contributed by atoms with van der Waals surface area (Å²) in [5.74, 6) is 1.48. The maximum Gasteiger partial charge on any atom is 0.0893 e. The van der Waals surface area contributed by atoms with E-state index in [9.17, 15) is 0 Å². The zero-order chi connectivity index (χ0) is 11.1. The summed E-state index contributed by atoms with van der Waals surface area (Å²) in [6.07, 6.45) is 6.97. The smallest absolute Gasteiger partial charge is 0.0893 e. The van der Waals surface area contributed by atoms with Crippen LogP contribution in [-0.2, 0) is 4.74 Å². The van der Waals surface area contributed by atoms with Gasteiger partial charge in [-0.05, 0) is 25.2 Å². The van der Waals surface area contributed by atoms with Crippen molar-refractivity contribution in [2.24, 2.45) is 5.92 Å². The fourth-order valence-electron chi connectivity index (χ4n) is 2.76. The van der Waals surface area contributed by atoms with Crippen molar-refractivity contribution in [1.82, 2.24) is 5.32 Å². The van der Waals surface area contributed by atoms with Crippen LogP contribution >= 0.6 is 12.6 Å². The molecule has 1 aliphatic heterocycles. The molecule has 1 heterocycles. The van der Waals surface area contributed by atoms with Gasteiger partial charge in [-0.1, -0.05) is 26.7 Å². The Morgan fingerprint density at radius 3 is 2.67 bits per heavy atom. The Morgan fingerprint density at radius 2 is 2.00 bits per heavy atom. The van der Waals surface area contributed by atoms with Gasteiger partial charge in [-0.15, -0.1) is 0 Å². The normalized spacial score (nSPS) is 34.2. The largest absolute Gasteiger partial charge is 0.369 e. The molecule has 2 nitrogen and oxygen atoms in total. The minimum atomic E-state index is 0.549. The number of ether oxygens (including phenoxy) is 1. The van der Waals surface area contributed by atoms with Crippen molar-refractivity contribution >= 4 is 12.6 Å². The number of thiol groups is 1. The zero-order valence-electron chi connectivity index (χ0n) is 10.0. The van der Waals surface area contributed by atoms with E-state index in [1.54, 1.807) is 0 Å². The fraction of sp³-hybridized carbons (Fsp3) is 1.00. The van der Waals surface area contributed by atoms with E-state index >= 15 is 0 Å². The van der Waals surface area contributed by atoms with Crippen LogP contribution in [0.15, 0.2) is 0 Å². The standard InChI is InChI=1S/C10H19NOS.C2H6/c13-7-12-6-9-5-8-3-1-2-4-10(8)11-9;1-2/h8-11,13H,1-7H2;1-2H3/t8?,9-,10?;/m0./s1. The minimum absolute atomic E-state index is 0.549. The van der Waals surface area contributed by atoms with Gasteiger partial charge in [-0.3, -0.25) is 0 Å². The van der Waals surface area contributed by atoms with E-state index in [-0.39, 0.29) is 0 Å². The van der Waals surface area contributed by atoms with Gasteiger partial charge in [-0.25, -0.2) is 0 Å². The first-order chi connectivity index (χ1) is 7.40. The molecule has 2 rings (SSSR count). The lowest BCUT2D eigenvalue weighted by molar-refractivity contribution is 0.158. The van der Waals surface area contributed by atoms with E-state index in [0.717, 1.165) is 18.6 Å². The van der Waals surface area contributed by atoms with Gasteiger partial charge in [0, 0.05) is 12.1 Å². The van der Waals surface area contributed by atoms with Crippen LogP contribution in [0.25, 0.3) is 0 Å². The molecule has 2 fully saturated rings. The highest BCUT2D eigenvalue weighted by Crippen LogP contribution is 2.33. The van der Waals surface area contributed by atoms with Crippen molar-refractivity contribution < 1.29 is 4.74 Å². The number of fused-ring (bicyclic) bond motifs is 1. The lowest BCUT2D eigenvalue weighted by Gasteiger charge is -2.24. The fourth-order valence-corrected chi connectivity index (χ4v) is 2.86. The molecule has 3 atom stereocenters. The first-order valence-corrected chi connectivity index (χ1v) is 6.98. The molecule has 0 amide bonds. The number of hydrogen-bond acceptors (Lipinski definition) is 3. The van der Waals surface area contributed by atoms with Gasteiger partial charge < -0.3 is 10.1 Å². The van der Waals surface area contributed by atoms with E-state index in [4.69, 9.17) is 4.74 Å². The lowest BCUT2D eigenvalue weighted by atomic mass is 9.85.